The number of nitrogen functional groups attached to an aromatic ring is 1. The molecule has 0 saturated heterocycles. The Hall–Kier alpha value is -2.89. The van der Waals surface area contributed by atoms with Gasteiger partial charge >= 0.3 is 0 Å². The summed E-state index contributed by atoms with van der Waals surface area (Å²) in [6.07, 6.45) is 0. The van der Waals surface area contributed by atoms with Gasteiger partial charge in [-0.3, -0.25) is 14.9 Å². The molecule has 0 radical (unpaired) electrons. The van der Waals surface area contributed by atoms with Crippen molar-refractivity contribution in [3.05, 3.63) is 64.2 Å². The van der Waals surface area contributed by atoms with Crippen LogP contribution in [-0.2, 0) is 0 Å². The van der Waals surface area contributed by atoms with Crippen molar-refractivity contribution in [3.63, 3.8) is 0 Å². The second kappa shape index (κ2) is 5.18. The molecule has 0 saturated carbocycles. The number of non-ortho nitro benzene ring substituents is 1. The molecule has 6 heteroatoms. The second-order valence-corrected chi connectivity index (χ2v) is 3.89. The number of amides is 1. The highest BCUT2D eigenvalue weighted by Crippen LogP contribution is 2.19. The van der Waals surface area contributed by atoms with Crippen LogP contribution in [-0.4, -0.2) is 10.8 Å². The predicted molar refractivity (Wildman–Crippen MR) is 71.9 cm³/mol. The van der Waals surface area contributed by atoms with Crippen LogP contribution in [0, 0.1) is 10.1 Å². The van der Waals surface area contributed by atoms with Crippen molar-refractivity contribution < 1.29 is 9.72 Å². The third kappa shape index (κ3) is 3.06. The molecule has 19 heavy (non-hydrogen) atoms. The van der Waals surface area contributed by atoms with E-state index < -0.39 is 10.8 Å². The highest BCUT2D eigenvalue weighted by Gasteiger charge is 2.13. The van der Waals surface area contributed by atoms with Crippen molar-refractivity contribution in [2.45, 2.75) is 0 Å². The van der Waals surface area contributed by atoms with E-state index in [9.17, 15) is 14.9 Å². The zero-order valence-electron chi connectivity index (χ0n) is 9.87. The van der Waals surface area contributed by atoms with Gasteiger partial charge in [-0.1, -0.05) is 18.2 Å². The molecule has 0 heterocycles. The molecule has 2 aromatic carbocycles. The first-order valence-electron chi connectivity index (χ1n) is 5.47. The maximum atomic E-state index is 12.0. The predicted octanol–water partition coefficient (Wildman–Crippen LogP) is 2.43. The van der Waals surface area contributed by atoms with E-state index in [1.54, 1.807) is 24.3 Å². The monoisotopic (exact) mass is 257 g/mol. The number of carbonyl (C=O) groups excluding carboxylic acids is 1. The quantitative estimate of drug-likeness (QED) is 0.501. The van der Waals surface area contributed by atoms with Gasteiger partial charge in [0.25, 0.3) is 11.6 Å². The highest BCUT2D eigenvalue weighted by molar-refractivity contribution is 6.05. The Morgan fingerprint density at radius 3 is 2.47 bits per heavy atom. The zero-order valence-corrected chi connectivity index (χ0v) is 9.87. The van der Waals surface area contributed by atoms with Crippen LogP contribution in [0.5, 0.6) is 0 Å². The van der Waals surface area contributed by atoms with Gasteiger partial charge in [-0.15, -0.1) is 0 Å². The Labute approximate surface area is 109 Å². The van der Waals surface area contributed by atoms with E-state index in [-0.39, 0.29) is 16.9 Å². The van der Waals surface area contributed by atoms with Gasteiger partial charge in [-0.2, -0.15) is 0 Å². The largest absolute Gasteiger partial charge is 0.399 e. The van der Waals surface area contributed by atoms with Crippen LogP contribution in [0.1, 0.15) is 10.4 Å². The first-order chi connectivity index (χ1) is 9.06. The fourth-order valence-corrected chi connectivity index (χ4v) is 1.60. The lowest BCUT2D eigenvalue weighted by molar-refractivity contribution is -0.384. The summed E-state index contributed by atoms with van der Waals surface area (Å²) < 4.78 is 0. The number of hydrogen-bond donors (Lipinski definition) is 2. The minimum atomic E-state index is -0.588. The summed E-state index contributed by atoms with van der Waals surface area (Å²) in [6.45, 7) is 0. The Balaban J connectivity index is 2.26. The van der Waals surface area contributed by atoms with Gasteiger partial charge in [0.1, 0.15) is 0 Å². The van der Waals surface area contributed by atoms with Crippen molar-refractivity contribution in [3.8, 4) is 0 Å². The van der Waals surface area contributed by atoms with Gasteiger partial charge < -0.3 is 11.1 Å². The number of anilines is 2. The lowest BCUT2D eigenvalue weighted by atomic mass is 10.1. The van der Waals surface area contributed by atoms with Gasteiger partial charge in [-0.25, -0.2) is 0 Å². The van der Waals surface area contributed by atoms with E-state index in [0.717, 1.165) is 0 Å². The maximum absolute atomic E-state index is 12.0. The molecule has 0 atom stereocenters. The molecule has 0 aliphatic rings. The van der Waals surface area contributed by atoms with E-state index in [2.05, 4.69) is 5.32 Å². The van der Waals surface area contributed by atoms with Gasteiger partial charge in [0.05, 0.1) is 4.92 Å². The van der Waals surface area contributed by atoms with Crippen LogP contribution in [0.2, 0.25) is 0 Å². The fourth-order valence-electron chi connectivity index (χ4n) is 1.60. The highest BCUT2D eigenvalue weighted by atomic mass is 16.6. The first-order valence-corrected chi connectivity index (χ1v) is 5.47. The van der Waals surface area contributed by atoms with E-state index in [0.29, 0.717) is 5.69 Å². The van der Waals surface area contributed by atoms with E-state index >= 15 is 0 Å². The summed E-state index contributed by atoms with van der Waals surface area (Å²) in [4.78, 5) is 22.1. The van der Waals surface area contributed by atoms with Gasteiger partial charge in [0.15, 0.2) is 0 Å². The van der Waals surface area contributed by atoms with Crippen LogP contribution >= 0.6 is 0 Å². The van der Waals surface area contributed by atoms with Gasteiger partial charge in [0.2, 0.25) is 0 Å². The number of nitrogens with zero attached hydrogens (tertiary/aromatic N) is 1. The molecule has 96 valence electrons. The number of nitro groups is 1. The molecule has 0 aliphatic heterocycles. The summed E-state index contributed by atoms with van der Waals surface area (Å²) in [6, 6.07) is 12.6. The number of nitrogens with two attached hydrogens (primary N) is 1. The molecule has 0 spiro atoms. The summed E-state index contributed by atoms with van der Waals surface area (Å²) in [5.74, 6) is -0.443. The van der Waals surface area contributed by atoms with E-state index in [4.69, 9.17) is 5.73 Å². The van der Waals surface area contributed by atoms with Gasteiger partial charge in [-0.05, 0) is 18.2 Å². The molecule has 3 N–H and O–H groups in total. The fraction of sp³-hybridized carbons (Fsp3) is 0. The molecule has 0 unspecified atom stereocenters. The first kappa shape index (κ1) is 12.6. The molecule has 0 bridgehead atoms. The molecular weight excluding hydrogens is 246 g/mol. The van der Waals surface area contributed by atoms with Crippen LogP contribution < -0.4 is 11.1 Å². The third-order valence-electron chi connectivity index (χ3n) is 2.44. The van der Waals surface area contributed by atoms with Crippen molar-refractivity contribution >= 4 is 23.0 Å². The third-order valence-corrected chi connectivity index (χ3v) is 2.44. The van der Waals surface area contributed by atoms with E-state index in [1.165, 1.54) is 18.2 Å². The average Bonchev–Trinajstić information content (AvgIpc) is 2.39. The lowest BCUT2D eigenvalue weighted by Gasteiger charge is -2.05. The van der Waals surface area contributed by atoms with Crippen molar-refractivity contribution in [2.75, 3.05) is 11.1 Å². The number of hydrogen-bond acceptors (Lipinski definition) is 4. The summed E-state index contributed by atoms with van der Waals surface area (Å²) in [5, 5.41) is 13.3. The van der Waals surface area contributed by atoms with Crippen LogP contribution in [0.15, 0.2) is 48.5 Å². The average molecular weight is 257 g/mol. The number of carbonyl (C=O) groups is 1. The van der Waals surface area contributed by atoms with Crippen LogP contribution in [0.25, 0.3) is 0 Å². The SMILES string of the molecule is Nc1cc(C(=O)Nc2ccccc2)cc([N+](=O)[O-])c1. The lowest BCUT2D eigenvalue weighted by Crippen LogP contribution is -2.12. The summed E-state index contributed by atoms with van der Waals surface area (Å²) in [5.41, 5.74) is 6.27. The number of nitrogens with one attached hydrogen (secondary N) is 1. The molecule has 0 aliphatic carbocycles. The Kier molecular flexibility index (Phi) is 3.42. The molecule has 2 rings (SSSR count). The Morgan fingerprint density at radius 2 is 1.84 bits per heavy atom. The normalized spacial score (nSPS) is 9.89. The van der Waals surface area contributed by atoms with Crippen LogP contribution in [0.3, 0.4) is 0 Å². The number of nitro benzene ring substituents is 1. The van der Waals surface area contributed by atoms with Crippen molar-refractivity contribution in [1.29, 1.82) is 0 Å². The Morgan fingerprint density at radius 1 is 1.16 bits per heavy atom. The summed E-state index contributed by atoms with van der Waals surface area (Å²) >= 11 is 0. The molecular formula is C13H11N3O3. The van der Waals surface area contributed by atoms with Crippen LogP contribution in [0.4, 0.5) is 17.1 Å². The van der Waals surface area contributed by atoms with Crippen molar-refractivity contribution in [2.24, 2.45) is 0 Å². The van der Waals surface area contributed by atoms with E-state index in [1.807, 2.05) is 6.07 Å². The van der Waals surface area contributed by atoms with Gasteiger partial charge in [0, 0.05) is 29.1 Å². The zero-order chi connectivity index (χ0) is 13.8. The molecule has 1 amide bonds. The standard InChI is InChI=1S/C13H11N3O3/c14-10-6-9(7-12(8-10)16(18)19)13(17)15-11-4-2-1-3-5-11/h1-8H,14H2,(H,15,17). The number of para-hydroxylation sites is 1. The molecule has 0 fully saturated rings. The maximum Gasteiger partial charge on any atom is 0.272 e. The minimum absolute atomic E-state index is 0.149. The molecule has 0 aromatic heterocycles. The molecule has 6 nitrogen and oxygen atoms in total. The number of benzene rings is 2. The topological polar surface area (TPSA) is 98.3 Å². The smallest absolute Gasteiger partial charge is 0.272 e. The second-order valence-electron chi connectivity index (χ2n) is 3.89. The van der Waals surface area contributed by atoms with Crippen molar-refractivity contribution in [1.82, 2.24) is 0 Å². The summed E-state index contributed by atoms with van der Waals surface area (Å²) in [7, 11) is 0. The minimum Gasteiger partial charge on any atom is -0.399 e. The molecule has 2 aromatic rings. The number of rotatable bonds is 3. The Bertz CT molecular complexity index is 626.